The van der Waals surface area contributed by atoms with Crippen molar-refractivity contribution in [3.63, 3.8) is 0 Å². The molecule has 0 saturated carbocycles. The summed E-state index contributed by atoms with van der Waals surface area (Å²) in [5.74, 6) is 0.807. The number of hydrogen-bond donors (Lipinski definition) is 1. The molecular weight excluding hydrogens is 334 g/mol. The maximum absolute atomic E-state index is 12.0. The molecule has 0 heterocycles. The maximum Gasteiger partial charge on any atom is 0.338 e. The van der Waals surface area contributed by atoms with Gasteiger partial charge in [0, 0.05) is 12.6 Å². The molecule has 0 aromatic heterocycles. The first-order valence-electron chi connectivity index (χ1n) is 8.49. The molecule has 0 unspecified atom stereocenters. The van der Waals surface area contributed by atoms with Crippen LogP contribution in [-0.4, -0.2) is 31.7 Å². The summed E-state index contributed by atoms with van der Waals surface area (Å²) in [6.07, 6.45) is 0.956. The van der Waals surface area contributed by atoms with Crippen molar-refractivity contribution >= 4 is 17.6 Å². The maximum atomic E-state index is 12.0. The first-order valence-corrected chi connectivity index (χ1v) is 8.49. The van der Waals surface area contributed by atoms with Gasteiger partial charge in [0.2, 0.25) is 5.91 Å². The van der Waals surface area contributed by atoms with Crippen LogP contribution in [0.2, 0.25) is 0 Å². The molecule has 6 nitrogen and oxygen atoms in total. The number of anilines is 1. The predicted molar refractivity (Wildman–Crippen MR) is 98.8 cm³/mol. The Balaban J connectivity index is 1.75. The molecule has 6 heteroatoms. The van der Waals surface area contributed by atoms with Gasteiger partial charge in [-0.25, -0.2) is 4.79 Å². The van der Waals surface area contributed by atoms with Crippen LogP contribution in [0.25, 0.3) is 0 Å². The molecule has 0 bridgehead atoms. The third-order valence-electron chi connectivity index (χ3n) is 3.30. The number of ether oxygens (including phenoxy) is 3. The Morgan fingerprint density at radius 2 is 1.58 bits per heavy atom. The van der Waals surface area contributed by atoms with Crippen LogP contribution in [-0.2, 0) is 9.53 Å². The minimum Gasteiger partial charge on any atom is -0.494 e. The molecule has 0 fully saturated rings. The lowest BCUT2D eigenvalue weighted by molar-refractivity contribution is -0.114. The van der Waals surface area contributed by atoms with Gasteiger partial charge in [0.1, 0.15) is 24.7 Å². The van der Waals surface area contributed by atoms with Crippen molar-refractivity contribution < 1.29 is 23.8 Å². The van der Waals surface area contributed by atoms with Gasteiger partial charge in [0.15, 0.2) is 0 Å². The van der Waals surface area contributed by atoms with E-state index >= 15 is 0 Å². The highest BCUT2D eigenvalue weighted by Crippen LogP contribution is 2.17. The summed E-state index contributed by atoms with van der Waals surface area (Å²) in [5.41, 5.74) is 0.919. The Kier molecular flexibility index (Phi) is 7.49. The monoisotopic (exact) mass is 357 g/mol. The van der Waals surface area contributed by atoms with E-state index in [9.17, 15) is 9.59 Å². The molecule has 26 heavy (non-hydrogen) atoms. The first kappa shape index (κ1) is 19.3. The van der Waals surface area contributed by atoms with Crippen LogP contribution in [0.4, 0.5) is 5.69 Å². The van der Waals surface area contributed by atoms with Crippen LogP contribution in [0.15, 0.2) is 48.5 Å². The normalized spacial score (nSPS) is 10.1. The lowest BCUT2D eigenvalue weighted by Gasteiger charge is -2.09. The Morgan fingerprint density at radius 1 is 0.923 bits per heavy atom. The quantitative estimate of drug-likeness (QED) is 0.547. The molecule has 0 spiro atoms. The summed E-state index contributed by atoms with van der Waals surface area (Å²) >= 11 is 0. The predicted octanol–water partition coefficient (Wildman–Crippen LogP) is 3.67. The summed E-state index contributed by atoms with van der Waals surface area (Å²) in [6, 6.07) is 13.9. The summed E-state index contributed by atoms with van der Waals surface area (Å²) < 4.78 is 16.2. The van der Waals surface area contributed by atoms with Gasteiger partial charge in [-0.2, -0.15) is 0 Å². The number of nitrogens with one attached hydrogen (secondary N) is 1. The Morgan fingerprint density at radius 3 is 2.19 bits per heavy atom. The van der Waals surface area contributed by atoms with E-state index in [1.54, 1.807) is 24.3 Å². The summed E-state index contributed by atoms with van der Waals surface area (Å²) in [7, 11) is 0. The van der Waals surface area contributed by atoms with Crippen molar-refractivity contribution in [2.24, 2.45) is 0 Å². The third-order valence-corrected chi connectivity index (χ3v) is 3.30. The van der Waals surface area contributed by atoms with Gasteiger partial charge >= 0.3 is 5.97 Å². The van der Waals surface area contributed by atoms with E-state index in [-0.39, 0.29) is 19.1 Å². The number of carbonyl (C=O) groups is 2. The van der Waals surface area contributed by atoms with E-state index in [4.69, 9.17) is 14.2 Å². The van der Waals surface area contributed by atoms with E-state index in [0.29, 0.717) is 23.6 Å². The van der Waals surface area contributed by atoms with E-state index in [2.05, 4.69) is 12.2 Å². The molecule has 2 rings (SSSR count). The topological polar surface area (TPSA) is 73.9 Å². The fourth-order valence-electron chi connectivity index (χ4n) is 2.16. The highest BCUT2D eigenvalue weighted by molar-refractivity contribution is 5.93. The molecule has 1 amide bonds. The van der Waals surface area contributed by atoms with Crippen LogP contribution >= 0.6 is 0 Å². The molecule has 0 aliphatic carbocycles. The zero-order valence-electron chi connectivity index (χ0n) is 15.0. The Bertz CT molecular complexity index is 727. The van der Waals surface area contributed by atoms with E-state index in [1.165, 1.54) is 6.92 Å². The van der Waals surface area contributed by atoms with E-state index in [1.807, 2.05) is 24.3 Å². The Labute approximate surface area is 153 Å². The SMILES string of the molecule is CCCOc1ccc(OCCOC(=O)c2cccc(NC(C)=O)c2)cc1. The number of esters is 1. The molecule has 2 aromatic carbocycles. The van der Waals surface area contributed by atoms with Gasteiger partial charge < -0.3 is 19.5 Å². The summed E-state index contributed by atoms with van der Waals surface area (Å²) in [4.78, 5) is 23.1. The average Bonchev–Trinajstić information content (AvgIpc) is 2.64. The van der Waals surface area contributed by atoms with Gasteiger partial charge in [0.05, 0.1) is 12.2 Å². The second kappa shape index (κ2) is 10.1. The minimum atomic E-state index is -0.468. The van der Waals surface area contributed by atoms with Crippen molar-refractivity contribution in [2.75, 3.05) is 25.1 Å². The smallest absolute Gasteiger partial charge is 0.338 e. The van der Waals surface area contributed by atoms with Gasteiger partial charge in [-0.1, -0.05) is 13.0 Å². The number of rotatable bonds is 9. The van der Waals surface area contributed by atoms with Crippen LogP contribution in [0.1, 0.15) is 30.6 Å². The lowest BCUT2D eigenvalue weighted by atomic mass is 10.2. The van der Waals surface area contributed by atoms with Gasteiger partial charge in [-0.05, 0) is 48.9 Å². The summed E-state index contributed by atoms with van der Waals surface area (Å²) in [5, 5.41) is 2.62. The first-order chi connectivity index (χ1) is 12.6. The fraction of sp³-hybridized carbons (Fsp3) is 0.300. The minimum absolute atomic E-state index is 0.122. The number of benzene rings is 2. The zero-order valence-corrected chi connectivity index (χ0v) is 15.0. The standard InChI is InChI=1S/C20H23NO5/c1-3-11-24-18-7-9-19(10-8-18)25-12-13-26-20(23)16-5-4-6-17(14-16)21-15(2)22/h4-10,14H,3,11-13H2,1-2H3,(H,21,22). The average molecular weight is 357 g/mol. The lowest BCUT2D eigenvalue weighted by Crippen LogP contribution is -2.13. The van der Waals surface area contributed by atoms with Crippen molar-refractivity contribution in [1.82, 2.24) is 0 Å². The second-order valence-corrected chi connectivity index (χ2v) is 5.57. The Hall–Kier alpha value is -3.02. The van der Waals surface area contributed by atoms with Crippen LogP contribution in [0.5, 0.6) is 11.5 Å². The largest absolute Gasteiger partial charge is 0.494 e. The molecule has 1 N–H and O–H groups in total. The highest BCUT2D eigenvalue weighted by Gasteiger charge is 2.08. The van der Waals surface area contributed by atoms with Crippen molar-refractivity contribution in [3.05, 3.63) is 54.1 Å². The van der Waals surface area contributed by atoms with Crippen LogP contribution < -0.4 is 14.8 Å². The molecule has 138 valence electrons. The van der Waals surface area contributed by atoms with Crippen molar-refractivity contribution in [3.8, 4) is 11.5 Å². The van der Waals surface area contributed by atoms with E-state index < -0.39 is 5.97 Å². The molecule has 0 radical (unpaired) electrons. The zero-order chi connectivity index (χ0) is 18.8. The third kappa shape index (κ3) is 6.47. The summed E-state index contributed by atoms with van der Waals surface area (Å²) in [6.45, 7) is 4.50. The van der Waals surface area contributed by atoms with Crippen molar-refractivity contribution in [1.29, 1.82) is 0 Å². The van der Waals surface area contributed by atoms with Gasteiger partial charge in [-0.3, -0.25) is 4.79 Å². The number of carbonyl (C=O) groups excluding carboxylic acids is 2. The van der Waals surface area contributed by atoms with Gasteiger partial charge in [0.25, 0.3) is 0 Å². The van der Waals surface area contributed by atoms with E-state index in [0.717, 1.165) is 12.2 Å². The molecule has 0 saturated heterocycles. The number of hydrogen-bond acceptors (Lipinski definition) is 5. The second-order valence-electron chi connectivity index (χ2n) is 5.57. The van der Waals surface area contributed by atoms with Crippen LogP contribution in [0.3, 0.4) is 0 Å². The fourth-order valence-corrected chi connectivity index (χ4v) is 2.16. The number of amides is 1. The van der Waals surface area contributed by atoms with Crippen LogP contribution in [0, 0.1) is 0 Å². The molecule has 2 aromatic rings. The molecular formula is C20H23NO5. The van der Waals surface area contributed by atoms with Gasteiger partial charge in [-0.15, -0.1) is 0 Å². The molecule has 0 aliphatic rings. The van der Waals surface area contributed by atoms with Crippen molar-refractivity contribution in [2.45, 2.75) is 20.3 Å². The molecule has 0 atom stereocenters. The highest BCUT2D eigenvalue weighted by atomic mass is 16.6. The molecule has 0 aliphatic heterocycles.